The summed E-state index contributed by atoms with van der Waals surface area (Å²) in [5, 5.41) is 1.13. The zero-order valence-corrected chi connectivity index (χ0v) is 19.3. The molecule has 170 valence electrons. The van der Waals surface area contributed by atoms with E-state index in [-0.39, 0.29) is 22.6 Å². The number of H-pyrrole nitrogens is 1. The second-order valence-corrected chi connectivity index (χ2v) is 9.88. The molecule has 2 aromatic heterocycles. The van der Waals surface area contributed by atoms with Crippen molar-refractivity contribution in [3.63, 3.8) is 0 Å². The maximum Gasteiger partial charge on any atom is 0.232 e. The van der Waals surface area contributed by atoms with Crippen LogP contribution < -0.4 is 4.72 Å². The third kappa shape index (κ3) is 4.91. The largest absolute Gasteiger partial charge is 0.345 e. The number of anilines is 1. The van der Waals surface area contributed by atoms with E-state index in [0.717, 1.165) is 11.1 Å². The number of nitrogens with one attached hydrogen (secondary N) is 2. The standard InChI is InChI=1S/C24H21ClFN3O3S/c1-2-3-11-33(31,32)29-21-6-4-5-18(22(21)26)23(30)20-14-28-24-19(20)12-16(13-27-24)15-7-9-17(25)10-8-15/h4-10,12-14,29H,2-3,11H2,1H3,(H,27,28). The van der Waals surface area contributed by atoms with Crippen molar-refractivity contribution in [2.75, 3.05) is 10.5 Å². The molecule has 0 radical (unpaired) electrons. The van der Waals surface area contributed by atoms with E-state index < -0.39 is 21.6 Å². The lowest BCUT2D eigenvalue weighted by molar-refractivity contribution is 0.103. The van der Waals surface area contributed by atoms with Crippen LogP contribution in [0.3, 0.4) is 0 Å². The Kier molecular flexibility index (Phi) is 6.49. The van der Waals surface area contributed by atoms with Crippen LogP contribution in [0.25, 0.3) is 22.2 Å². The van der Waals surface area contributed by atoms with Gasteiger partial charge in [0, 0.05) is 33.9 Å². The van der Waals surface area contributed by atoms with Gasteiger partial charge in [-0.2, -0.15) is 0 Å². The van der Waals surface area contributed by atoms with Crippen LogP contribution in [-0.2, 0) is 10.0 Å². The first-order valence-electron chi connectivity index (χ1n) is 10.4. The third-order valence-corrected chi connectivity index (χ3v) is 6.84. The molecular weight excluding hydrogens is 465 g/mol. The van der Waals surface area contributed by atoms with Crippen molar-refractivity contribution in [2.45, 2.75) is 19.8 Å². The van der Waals surface area contributed by atoms with E-state index in [9.17, 15) is 13.2 Å². The second kappa shape index (κ2) is 9.33. The first-order chi connectivity index (χ1) is 15.8. The van der Waals surface area contributed by atoms with E-state index in [1.807, 2.05) is 19.1 Å². The molecule has 0 unspecified atom stereocenters. The zero-order chi connectivity index (χ0) is 23.6. The minimum atomic E-state index is -3.72. The molecule has 0 aliphatic heterocycles. The van der Waals surface area contributed by atoms with Gasteiger partial charge in [0.2, 0.25) is 10.0 Å². The summed E-state index contributed by atoms with van der Waals surface area (Å²) in [7, 11) is -3.72. The quantitative estimate of drug-likeness (QED) is 0.309. The van der Waals surface area contributed by atoms with Crippen LogP contribution in [0.15, 0.2) is 60.9 Å². The molecule has 6 nitrogen and oxygen atoms in total. The van der Waals surface area contributed by atoms with Gasteiger partial charge in [-0.05, 0) is 42.3 Å². The molecule has 4 aromatic rings. The highest BCUT2D eigenvalue weighted by molar-refractivity contribution is 7.92. The summed E-state index contributed by atoms with van der Waals surface area (Å²) in [5.74, 6) is -1.62. The van der Waals surface area contributed by atoms with Gasteiger partial charge >= 0.3 is 0 Å². The fourth-order valence-electron chi connectivity index (χ4n) is 3.48. The first-order valence-corrected chi connectivity index (χ1v) is 12.4. The Balaban J connectivity index is 1.70. The highest BCUT2D eigenvalue weighted by Crippen LogP contribution is 2.29. The predicted molar refractivity (Wildman–Crippen MR) is 129 cm³/mol. The van der Waals surface area contributed by atoms with Crippen LogP contribution in [0.1, 0.15) is 35.7 Å². The van der Waals surface area contributed by atoms with Gasteiger partial charge in [-0.1, -0.05) is 43.1 Å². The Labute approximate surface area is 195 Å². The van der Waals surface area contributed by atoms with Gasteiger partial charge in [0.1, 0.15) is 5.65 Å². The summed E-state index contributed by atoms with van der Waals surface area (Å²) in [6.07, 6.45) is 4.29. The Morgan fingerprint density at radius 3 is 2.61 bits per heavy atom. The molecule has 9 heteroatoms. The number of rotatable bonds is 8. The summed E-state index contributed by atoms with van der Waals surface area (Å²) < 4.78 is 41.8. The number of hydrogen-bond acceptors (Lipinski definition) is 4. The number of carbonyl (C=O) groups is 1. The summed E-state index contributed by atoms with van der Waals surface area (Å²) in [6.45, 7) is 1.86. The fourth-order valence-corrected chi connectivity index (χ4v) is 4.87. The summed E-state index contributed by atoms with van der Waals surface area (Å²) in [6, 6.07) is 13.1. The predicted octanol–water partition coefficient (Wildman–Crippen LogP) is 5.80. The van der Waals surface area contributed by atoms with Crippen molar-refractivity contribution in [1.29, 1.82) is 0 Å². The maximum atomic E-state index is 15.2. The number of benzene rings is 2. The summed E-state index contributed by atoms with van der Waals surface area (Å²) >= 11 is 5.96. The number of nitrogens with zero attached hydrogens (tertiary/aromatic N) is 1. The molecule has 0 saturated heterocycles. The van der Waals surface area contributed by atoms with Gasteiger partial charge in [-0.3, -0.25) is 9.52 Å². The van der Waals surface area contributed by atoms with Crippen molar-refractivity contribution in [3.05, 3.63) is 82.9 Å². The van der Waals surface area contributed by atoms with Crippen LogP contribution in [0.2, 0.25) is 5.02 Å². The normalized spacial score (nSPS) is 11.6. The third-order valence-electron chi connectivity index (χ3n) is 5.23. The molecular formula is C24H21ClFN3O3S. The van der Waals surface area contributed by atoms with Crippen LogP contribution in [0.4, 0.5) is 10.1 Å². The van der Waals surface area contributed by atoms with Gasteiger partial charge in [-0.15, -0.1) is 0 Å². The fraction of sp³-hybridized carbons (Fsp3) is 0.167. The van der Waals surface area contributed by atoms with Gasteiger partial charge in [-0.25, -0.2) is 17.8 Å². The van der Waals surface area contributed by atoms with E-state index in [1.54, 1.807) is 24.4 Å². The van der Waals surface area contributed by atoms with Crippen molar-refractivity contribution in [1.82, 2.24) is 9.97 Å². The Bertz CT molecular complexity index is 1430. The Morgan fingerprint density at radius 1 is 1.12 bits per heavy atom. The Morgan fingerprint density at radius 2 is 1.88 bits per heavy atom. The van der Waals surface area contributed by atoms with Gasteiger partial charge in [0.15, 0.2) is 11.6 Å². The molecule has 0 amide bonds. The van der Waals surface area contributed by atoms with Crippen LogP contribution in [-0.4, -0.2) is 29.9 Å². The molecule has 0 aliphatic rings. The minimum absolute atomic E-state index is 0.122. The molecule has 0 fully saturated rings. The second-order valence-electron chi connectivity index (χ2n) is 7.60. The molecule has 2 aromatic carbocycles. The van der Waals surface area contributed by atoms with E-state index >= 15 is 4.39 Å². The molecule has 4 rings (SSSR count). The van der Waals surface area contributed by atoms with Crippen LogP contribution in [0.5, 0.6) is 0 Å². The average Bonchev–Trinajstić information content (AvgIpc) is 3.22. The SMILES string of the molecule is CCCCS(=O)(=O)Nc1cccc(C(=O)c2c[nH]c3ncc(-c4ccc(Cl)cc4)cc23)c1F. The van der Waals surface area contributed by atoms with Gasteiger partial charge in [0.05, 0.1) is 17.0 Å². The smallest absolute Gasteiger partial charge is 0.232 e. The molecule has 0 atom stereocenters. The van der Waals surface area contributed by atoms with Crippen molar-refractivity contribution < 1.29 is 17.6 Å². The molecule has 0 bridgehead atoms. The van der Waals surface area contributed by atoms with Crippen molar-refractivity contribution in [2.24, 2.45) is 0 Å². The molecule has 0 saturated carbocycles. The average molecular weight is 486 g/mol. The van der Waals surface area contributed by atoms with E-state index in [2.05, 4.69) is 14.7 Å². The number of aromatic amines is 1. The van der Waals surface area contributed by atoms with Crippen molar-refractivity contribution >= 4 is 44.1 Å². The lowest BCUT2D eigenvalue weighted by Gasteiger charge is -2.11. The Hall–Kier alpha value is -3.23. The maximum absolute atomic E-state index is 15.2. The van der Waals surface area contributed by atoms with E-state index in [1.165, 1.54) is 24.4 Å². The minimum Gasteiger partial charge on any atom is -0.345 e. The molecule has 0 spiro atoms. The zero-order valence-electron chi connectivity index (χ0n) is 17.7. The number of sulfonamides is 1. The van der Waals surface area contributed by atoms with E-state index in [0.29, 0.717) is 28.9 Å². The lowest BCUT2D eigenvalue weighted by Crippen LogP contribution is -2.18. The number of ketones is 1. The number of hydrogen-bond donors (Lipinski definition) is 2. The van der Waals surface area contributed by atoms with Crippen molar-refractivity contribution in [3.8, 4) is 11.1 Å². The van der Waals surface area contributed by atoms with Gasteiger partial charge < -0.3 is 4.98 Å². The van der Waals surface area contributed by atoms with Crippen LogP contribution in [0, 0.1) is 5.82 Å². The highest BCUT2D eigenvalue weighted by atomic mass is 35.5. The van der Waals surface area contributed by atoms with Gasteiger partial charge in [0.25, 0.3) is 0 Å². The molecule has 2 heterocycles. The highest BCUT2D eigenvalue weighted by Gasteiger charge is 2.22. The first kappa shape index (κ1) is 22.9. The summed E-state index contributed by atoms with van der Waals surface area (Å²) in [5.41, 5.74) is 1.86. The number of pyridine rings is 1. The molecule has 2 N–H and O–H groups in total. The number of fused-ring (bicyclic) bond motifs is 1. The molecule has 0 aliphatic carbocycles. The molecule has 33 heavy (non-hydrogen) atoms. The lowest BCUT2D eigenvalue weighted by atomic mass is 10.0. The van der Waals surface area contributed by atoms with Crippen LogP contribution >= 0.6 is 11.6 Å². The number of aromatic nitrogens is 2. The number of unbranched alkanes of at least 4 members (excludes halogenated alkanes) is 1. The topological polar surface area (TPSA) is 91.9 Å². The van der Waals surface area contributed by atoms with E-state index in [4.69, 9.17) is 11.6 Å². The monoisotopic (exact) mass is 485 g/mol. The summed E-state index contributed by atoms with van der Waals surface area (Å²) in [4.78, 5) is 20.5. The number of carbonyl (C=O) groups excluding carboxylic acids is 1. The number of halogens is 2.